The monoisotopic (exact) mass is 226 g/mol. The topological polar surface area (TPSA) is 41.6 Å². The summed E-state index contributed by atoms with van der Waals surface area (Å²) in [5.74, 6) is 0.417. The molecule has 2 saturated heterocycles. The molecular weight excluding hydrogens is 204 g/mol. The molecule has 4 heteroatoms. The number of nitrogens with one attached hydrogen (secondary N) is 1. The molecule has 0 bridgehead atoms. The maximum absolute atomic E-state index is 12.2. The van der Waals surface area contributed by atoms with Crippen LogP contribution in [0.4, 0.5) is 0 Å². The van der Waals surface area contributed by atoms with Crippen molar-refractivity contribution in [1.82, 2.24) is 10.2 Å². The maximum atomic E-state index is 12.2. The number of nitrogens with zero attached hydrogens (tertiary/aromatic N) is 1. The first-order valence-corrected chi connectivity index (χ1v) is 6.28. The summed E-state index contributed by atoms with van der Waals surface area (Å²) in [4.78, 5) is 14.2. The fourth-order valence-electron chi connectivity index (χ4n) is 2.64. The smallest absolute Gasteiger partial charge is 0.228 e. The third-order valence-corrected chi connectivity index (χ3v) is 3.76. The Labute approximate surface area is 97.3 Å². The van der Waals surface area contributed by atoms with Gasteiger partial charge in [-0.2, -0.15) is 0 Å². The van der Waals surface area contributed by atoms with Crippen LogP contribution >= 0.6 is 0 Å². The lowest BCUT2D eigenvalue weighted by atomic mass is 10.0. The van der Waals surface area contributed by atoms with Crippen LogP contribution in [0.15, 0.2) is 0 Å². The summed E-state index contributed by atoms with van der Waals surface area (Å²) >= 11 is 0. The van der Waals surface area contributed by atoms with Gasteiger partial charge in [-0.05, 0) is 33.2 Å². The van der Waals surface area contributed by atoms with Gasteiger partial charge < -0.3 is 15.0 Å². The van der Waals surface area contributed by atoms with Gasteiger partial charge in [-0.25, -0.2) is 0 Å². The Morgan fingerprint density at radius 2 is 2.06 bits per heavy atom. The Morgan fingerprint density at radius 3 is 2.56 bits per heavy atom. The second kappa shape index (κ2) is 5.15. The van der Waals surface area contributed by atoms with Gasteiger partial charge in [-0.1, -0.05) is 0 Å². The van der Waals surface area contributed by atoms with Gasteiger partial charge in [0.15, 0.2) is 0 Å². The minimum absolute atomic E-state index is 0.112. The van der Waals surface area contributed by atoms with Gasteiger partial charge in [0.05, 0.1) is 18.6 Å². The molecule has 0 aromatic heterocycles. The number of rotatable bonds is 2. The molecule has 2 rings (SSSR count). The van der Waals surface area contributed by atoms with E-state index in [1.807, 2.05) is 18.9 Å². The van der Waals surface area contributed by atoms with Crippen LogP contribution in [0.25, 0.3) is 0 Å². The molecule has 0 spiro atoms. The SMILES string of the molecule is CNC1CCN(C(=O)C2COC(C)C2)CC1. The van der Waals surface area contributed by atoms with E-state index in [0.29, 0.717) is 18.6 Å². The summed E-state index contributed by atoms with van der Waals surface area (Å²) in [6.45, 7) is 4.46. The van der Waals surface area contributed by atoms with E-state index in [4.69, 9.17) is 4.74 Å². The largest absolute Gasteiger partial charge is 0.378 e. The van der Waals surface area contributed by atoms with E-state index in [2.05, 4.69) is 5.32 Å². The van der Waals surface area contributed by atoms with Crippen molar-refractivity contribution in [3.63, 3.8) is 0 Å². The number of ether oxygens (including phenoxy) is 1. The molecule has 0 aromatic rings. The van der Waals surface area contributed by atoms with Crippen molar-refractivity contribution < 1.29 is 9.53 Å². The van der Waals surface area contributed by atoms with Crippen molar-refractivity contribution in [1.29, 1.82) is 0 Å². The highest BCUT2D eigenvalue weighted by molar-refractivity contribution is 5.79. The Kier molecular flexibility index (Phi) is 3.82. The van der Waals surface area contributed by atoms with E-state index in [1.54, 1.807) is 0 Å². The van der Waals surface area contributed by atoms with Crippen molar-refractivity contribution >= 4 is 5.91 Å². The van der Waals surface area contributed by atoms with Crippen LogP contribution in [0.5, 0.6) is 0 Å². The van der Waals surface area contributed by atoms with Gasteiger partial charge in [0.2, 0.25) is 5.91 Å². The molecule has 2 heterocycles. The van der Waals surface area contributed by atoms with Crippen LogP contribution in [-0.4, -0.2) is 49.7 Å². The first-order chi connectivity index (χ1) is 7.70. The summed E-state index contributed by atoms with van der Waals surface area (Å²) in [6, 6.07) is 0.586. The second-order valence-electron chi connectivity index (χ2n) is 4.96. The number of hydrogen-bond acceptors (Lipinski definition) is 3. The minimum atomic E-state index is 0.112. The average molecular weight is 226 g/mol. The van der Waals surface area contributed by atoms with Gasteiger partial charge >= 0.3 is 0 Å². The predicted molar refractivity (Wildman–Crippen MR) is 62.2 cm³/mol. The van der Waals surface area contributed by atoms with E-state index < -0.39 is 0 Å². The number of carbonyl (C=O) groups excluding carboxylic acids is 1. The molecule has 0 saturated carbocycles. The Balaban J connectivity index is 1.82. The van der Waals surface area contributed by atoms with Crippen LogP contribution in [0.1, 0.15) is 26.2 Å². The molecule has 16 heavy (non-hydrogen) atoms. The lowest BCUT2D eigenvalue weighted by Gasteiger charge is -2.33. The van der Waals surface area contributed by atoms with Crippen molar-refractivity contribution in [2.75, 3.05) is 26.7 Å². The molecule has 4 nitrogen and oxygen atoms in total. The zero-order valence-corrected chi connectivity index (χ0v) is 10.2. The summed E-state index contributed by atoms with van der Waals surface area (Å²) in [7, 11) is 1.99. The average Bonchev–Trinajstić information content (AvgIpc) is 2.75. The lowest BCUT2D eigenvalue weighted by Crippen LogP contribution is -2.46. The van der Waals surface area contributed by atoms with E-state index in [-0.39, 0.29) is 12.0 Å². The molecule has 2 fully saturated rings. The molecule has 2 aliphatic rings. The third kappa shape index (κ3) is 2.55. The first kappa shape index (κ1) is 11.9. The normalized spacial score (nSPS) is 32.0. The Hall–Kier alpha value is -0.610. The molecule has 0 aromatic carbocycles. The van der Waals surface area contributed by atoms with Crippen molar-refractivity contribution in [3.05, 3.63) is 0 Å². The quantitative estimate of drug-likeness (QED) is 0.750. The Bertz CT molecular complexity index is 249. The number of piperidine rings is 1. The van der Waals surface area contributed by atoms with E-state index >= 15 is 0 Å². The molecule has 2 atom stereocenters. The van der Waals surface area contributed by atoms with E-state index in [9.17, 15) is 4.79 Å². The highest BCUT2D eigenvalue weighted by Gasteiger charge is 2.32. The fraction of sp³-hybridized carbons (Fsp3) is 0.917. The van der Waals surface area contributed by atoms with Crippen LogP contribution in [0, 0.1) is 5.92 Å². The summed E-state index contributed by atoms with van der Waals surface area (Å²) in [5, 5.41) is 3.28. The van der Waals surface area contributed by atoms with Crippen LogP contribution in [0.3, 0.4) is 0 Å². The maximum Gasteiger partial charge on any atom is 0.228 e. The van der Waals surface area contributed by atoms with Gasteiger partial charge in [0.1, 0.15) is 0 Å². The summed E-state index contributed by atoms with van der Waals surface area (Å²) in [6.07, 6.45) is 3.30. The molecular formula is C12H22N2O2. The minimum Gasteiger partial charge on any atom is -0.378 e. The van der Waals surface area contributed by atoms with Crippen molar-refractivity contribution in [2.45, 2.75) is 38.3 Å². The van der Waals surface area contributed by atoms with Crippen molar-refractivity contribution in [2.24, 2.45) is 5.92 Å². The second-order valence-corrected chi connectivity index (χ2v) is 4.96. The molecule has 0 radical (unpaired) electrons. The van der Waals surface area contributed by atoms with Crippen molar-refractivity contribution in [3.8, 4) is 0 Å². The standard InChI is InChI=1S/C12H22N2O2/c1-9-7-10(8-16-9)12(15)14-5-3-11(13-2)4-6-14/h9-11,13H,3-8H2,1-2H3. The number of amides is 1. The van der Waals surface area contributed by atoms with E-state index in [1.165, 1.54) is 0 Å². The predicted octanol–water partition coefficient (Wildman–Crippen LogP) is 0.622. The highest BCUT2D eigenvalue weighted by Crippen LogP contribution is 2.23. The molecule has 2 unspecified atom stereocenters. The zero-order valence-electron chi connectivity index (χ0n) is 10.2. The number of likely N-dealkylation sites (tertiary alicyclic amines) is 1. The van der Waals surface area contributed by atoms with Crippen LogP contribution in [0.2, 0.25) is 0 Å². The van der Waals surface area contributed by atoms with Crippen LogP contribution in [-0.2, 0) is 9.53 Å². The number of carbonyl (C=O) groups is 1. The number of hydrogen-bond donors (Lipinski definition) is 1. The Morgan fingerprint density at radius 1 is 1.38 bits per heavy atom. The van der Waals surface area contributed by atoms with Gasteiger partial charge in [0, 0.05) is 19.1 Å². The lowest BCUT2D eigenvalue weighted by molar-refractivity contribution is -0.136. The fourth-order valence-corrected chi connectivity index (χ4v) is 2.64. The molecule has 92 valence electrons. The molecule has 2 aliphatic heterocycles. The highest BCUT2D eigenvalue weighted by atomic mass is 16.5. The summed E-state index contributed by atoms with van der Waals surface area (Å²) in [5.41, 5.74) is 0. The van der Waals surface area contributed by atoms with Gasteiger partial charge in [0.25, 0.3) is 0 Å². The van der Waals surface area contributed by atoms with E-state index in [0.717, 1.165) is 32.4 Å². The molecule has 1 amide bonds. The molecule has 1 N–H and O–H groups in total. The first-order valence-electron chi connectivity index (χ1n) is 6.28. The van der Waals surface area contributed by atoms with Gasteiger partial charge in [-0.3, -0.25) is 4.79 Å². The van der Waals surface area contributed by atoms with Crippen LogP contribution < -0.4 is 5.32 Å². The zero-order chi connectivity index (χ0) is 11.5. The van der Waals surface area contributed by atoms with Gasteiger partial charge in [-0.15, -0.1) is 0 Å². The summed E-state index contributed by atoms with van der Waals surface area (Å²) < 4.78 is 5.46. The third-order valence-electron chi connectivity index (χ3n) is 3.76. The molecule has 0 aliphatic carbocycles.